The lowest BCUT2D eigenvalue weighted by molar-refractivity contribution is 0.122. The summed E-state index contributed by atoms with van der Waals surface area (Å²) in [7, 11) is 0. The van der Waals surface area contributed by atoms with E-state index in [9.17, 15) is 5.11 Å². The van der Waals surface area contributed by atoms with Gasteiger partial charge in [-0.1, -0.05) is 24.8 Å². The summed E-state index contributed by atoms with van der Waals surface area (Å²) in [6, 6.07) is 0. The minimum atomic E-state index is -0.422. The summed E-state index contributed by atoms with van der Waals surface area (Å²) in [6.07, 6.45) is 6.71. The van der Waals surface area contributed by atoms with E-state index in [1.165, 1.54) is 11.1 Å². The molecule has 3 N–H and O–H groups in total. The van der Waals surface area contributed by atoms with Gasteiger partial charge in [-0.05, 0) is 24.5 Å². The maximum absolute atomic E-state index is 9.52. The van der Waals surface area contributed by atoms with Crippen molar-refractivity contribution in [1.29, 1.82) is 0 Å². The SMILES string of the molecule is C=CC1=C(/C=C\C)CCN(C[C@@H](O)CN)C1. The second-order valence-electron chi connectivity index (χ2n) is 4.13. The van der Waals surface area contributed by atoms with Gasteiger partial charge >= 0.3 is 0 Å². The average Bonchev–Trinajstić information content (AvgIpc) is 2.31. The van der Waals surface area contributed by atoms with E-state index in [0.717, 1.165) is 19.5 Å². The summed E-state index contributed by atoms with van der Waals surface area (Å²) >= 11 is 0. The lowest BCUT2D eigenvalue weighted by Crippen LogP contribution is -2.40. The van der Waals surface area contributed by atoms with Crippen molar-refractivity contribution in [3.8, 4) is 0 Å². The van der Waals surface area contributed by atoms with E-state index in [4.69, 9.17) is 5.73 Å². The summed E-state index contributed by atoms with van der Waals surface area (Å²) < 4.78 is 0. The van der Waals surface area contributed by atoms with Crippen LogP contribution in [0.2, 0.25) is 0 Å². The fourth-order valence-corrected chi connectivity index (χ4v) is 1.98. The maximum Gasteiger partial charge on any atom is 0.0789 e. The number of nitrogens with zero attached hydrogens (tertiary/aromatic N) is 1. The Kier molecular flexibility index (Phi) is 5.46. The van der Waals surface area contributed by atoms with E-state index in [1.54, 1.807) is 0 Å². The van der Waals surface area contributed by atoms with Crippen molar-refractivity contribution in [2.24, 2.45) is 5.73 Å². The highest BCUT2D eigenvalue weighted by Crippen LogP contribution is 2.19. The van der Waals surface area contributed by atoms with Crippen LogP contribution in [-0.2, 0) is 0 Å². The number of allylic oxidation sites excluding steroid dienone is 2. The minimum Gasteiger partial charge on any atom is -0.390 e. The largest absolute Gasteiger partial charge is 0.390 e. The first-order valence-electron chi connectivity index (χ1n) is 5.79. The monoisotopic (exact) mass is 222 g/mol. The second-order valence-corrected chi connectivity index (χ2v) is 4.13. The number of aliphatic hydroxyl groups excluding tert-OH is 1. The van der Waals surface area contributed by atoms with Gasteiger partial charge in [-0.25, -0.2) is 0 Å². The molecule has 1 heterocycles. The molecule has 0 amide bonds. The van der Waals surface area contributed by atoms with Crippen molar-refractivity contribution in [2.75, 3.05) is 26.2 Å². The Morgan fingerprint density at radius 3 is 2.88 bits per heavy atom. The van der Waals surface area contributed by atoms with Crippen LogP contribution in [0.3, 0.4) is 0 Å². The summed E-state index contributed by atoms with van der Waals surface area (Å²) in [5.41, 5.74) is 8.03. The predicted octanol–water partition coefficient (Wildman–Crippen LogP) is 1.07. The first-order valence-corrected chi connectivity index (χ1v) is 5.79. The first-order chi connectivity index (χ1) is 7.71. The molecule has 0 saturated heterocycles. The van der Waals surface area contributed by atoms with Crippen molar-refractivity contribution >= 4 is 0 Å². The van der Waals surface area contributed by atoms with E-state index < -0.39 is 6.10 Å². The molecule has 0 aromatic rings. The van der Waals surface area contributed by atoms with E-state index >= 15 is 0 Å². The van der Waals surface area contributed by atoms with Gasteiger partial charge < -0.3 is 10.8 Å². The zero-order valence-electron chi connectivity index (χ0n) is 10.0. The summed E-state index contributed by atoms with van der Waals surface area (Å²) in [5.74, 6) is 0. The minimum absolute atomic E-state index is 0.325. The Morgan fingerprint density at radius 1 is 1.56 bits per heavy atom. The molecule has 0 aromatic carbocycles. The normalized spacial score (nSPS) is 20.4. The lowest BCUT2D eigenvalue weighted by atomic mass is 9.99. The van der Waals surface area contributed by atoms with Gasteiger partial charge in [0.05, 0.1) is 6.10 Å². The molecular formula is C13H22N2O. The molecule has 0 aliphatic carbocycles. The quantitative estimate of drug-likeness (QED) is 0.731. The standard InChI is InChI=1S/C13H22N2O/c1-3-5-12-6-7-15(9-11(12)4-2)10-13(16)8-14/h3-5,13,16H,2,6-10,14H2,1H3/b5-3-/t13-/m0/s1. The number of rotatable bonds is 5. The fraction of sp³-hybridized carbons (Fsp3) is 0.538. The number of β-amino-alcohol motifs (C(OH)–C–C–N with tert-alkyl or cyclic N) is 1. The molecule has 0 aromatic heterocycles. The van der Waals surface area contributed by atoms with Crippen molar-refractivity contribution in [3.63, 3.8) is 0 Å². The zero-order chi connectivity index (χ0) is 12.0. The van der Waals surface area contributed by atoms with E-state index in [0.29, 0.717) is 13.1 Å². The highest BCUT2D eigenvalue weighted by Gasteiger charge is 2.17. The number of aliphatic hydroxyl groups is 1. The zero-order valence-corrected chi connectivity index (χ0v) is 10.0. The van der Waals surface area contributed by atoms with Gasteiger partial charge in [-0.3, -0.25) is 4.90 Å². The number of hydrogen-bond acceptors (Lipinski definition) is 3. The van der Waals surface area contributed by atoms with Crippen LogP contribution in [0.1, 0.15) is 13.3 Å². The molecule has 0 fully saturated rings. The fourth-order valence-electron chi connectivity index (χ4n) is 1.98. The maximum atomic E-state index is 9.52. The first kappa shape index (κ1) is 13.2. The molecule has 0 spiro atoms. The summed E-state index contributed by atoms with van der Waals surface area (Å²) in [5, 5.41) is 9.52. The van der Waals surface area contributed by atoms with Gasteiger partial charge in [0.15, 0.2) is 0 Å². The van der Waals surface area contributed by atoms with Gasteiger partial charge in [0, 0.05) is 26.2 Å². The molecule has 0 bridgehead atoms. The Bertz CT molecular complexity index is 294. The van der Waals surface area contributed by atoms with Crippen molar-refractivity contribution < 1.29 is 5.11 Å². The van der Waals surface area contributed by atoms with Crippen LogP contribution < -0.4 is 5.73 Å². The van der Waals surface area contributed by atoms with Crippen molar-refractivity contribution in [2.45, 2.75) is 19.4 Å². The average molecular weight is 222 g/mol. The number of hydrogen-bond donors (Lipinski definition) is 2. The van der Waals surface area contributed by atoms with Crippen LogP contribution in [-0.4, -0.2) is 42.3 Å². The van der Waals surface area contributed by atoms with Gasteiger partial charge in [-0.2, -0.15) is 0 Å². The van der Waals surface area contributed by atoms with Crippen LogP contribution >= 0.6 is 0 Å². The Labute approximate surface area is 97.9 Å². The van der Waals surface area contributed by atoms with Crippen LogP contribution in [0.4, 0.5) is 0 Å². The molecule has 0 unspecified atom stereocenters. The molecule has 1 rings (SSSR count). The third-order valence-corrected chi connectivity index (χ3v) is 2.86. The molecule has 3 heteroatoms. The lowest BCUT2D eigenvalue weighted by Gasteiger charge is -2.30. The Balaban J connectivity index is 2.63. The van der Waals surface area contributed by atoms with Crippen molar-refractivity contribution in [3.05, 3.63) is 36.0 Å². The molecule has 1 atom stereocenters. The van der Waals surface area contributed by atoms with Gasteiger partial charge in [0.1, 0.15) is 0 Å². The van der Waals surface area contributed by atoms with E-state index in [1.807, 2.05) is 13.0 Å². The highest BCUT2D eigenvalue weighted by molar-refractivity contribution is 5.35. The van der Waals surface area contributed by atoms with E-state index in [-0.39, 0.29) is 0 Å². The molecule has 0 radical (unpaired) electrons. The molecule has 3 nitrogen and oxygen atoms in total. The molecule has 1 aliphatic heterocycles. The van der Waals surface area contributed by atoms with Crippen LogP contribution in [0.5, 0.6) is 0 Å². The smallest absolute Gasteiger partial charge is 0.0789 e. The van der Waals surface area contributed by atoms with Gasteiger partial charge in [0.25, 0.3) is 0 Å². The second kappa shape index (κ2) is 6.63. The van der Waals surface area contributed by atoms with Gasteiger partial charge in [0.2, 0.25) is 0 Å². The van der Waals surface area contributed by atoms with Crippen LogP contribution in [0, 0.1) is 0 Å². The molecule has 1 aliphatic rings. The van der Waals surface area contributed by atoms with Crippen LogP contribution in [0.25, 0.3) is 0 Å². The Hall–Kier alpha value is -0.900. The molecule has 90 valence electrons. The topological polar surface area (TPSA) is 49.5 Å². The Morgan fingerprint density at radius 2 is 2.31 bits per heavy atom. The molecule has 0 saturated carbocycles. The highest BCUT2D eigenvalue weighted by atomic mass is 16.3. The van der Waals surface area contributed by atoms with Crippen molar-refractivity contribution in [1.82, 2.24) is 4.90 Å². The number of nitrogens with two attached hydrogens (primary N) is 1. The molecular weight excluding hydrogens is 200 g/mol. The van der Waals surface area contributed by atoms with Gasteiger partial charge in [-0.15, -0.1) is 0 Å². The van der Waals surface area contributed by atoms with Crippen LogP contribution in [0.15, 0.2) is 36.0 Å². The molecule has 16 heavy (non-hydrogen) atoms. The third kappa shape index (κ3) is 3.59. The predicted molar refractivity (Wildman–Crippen MR) is 68.2 cm³/mol. The summed E-state index contributed by atoms with van der Waals surface area (Å²) in [4.78, 5) is 2.22. The van der Waals surface area contributed by atoms with E-state index in [2.05, 4.69) is 23.6 Å². The summed E-state index contributed by atoms with van der Waals surface area (Å²) in [6.45, 7) is 8.69. The third-order valence-electron chi connectivity index (χ3n) is 2.86.